The van der Waals surface area contributed by atoms with Gasteiger partial charge in [0.25, 0.3) is 0 Å². The molecule has 1 aromatic heterocycles. The summed E-state index contributed by atoms with van der Waals surface area (Å²) in [5.74, 6) is -0.378. The van der Waals surface area contributed by atoms with Gasteiger partial charge in [0, 0.05) is 10.7 Å². The number of rotatable bonds is 4. The Morgan fingerprint density at radius 3 is 2.57 bits per heavy atom. The molecule has 0 spiro atoms. The van der Waals surface area contributed by atoms with Crippen molar-refractivity contribution in [2.24, 2.45) is 0 Å². The van der Waals surface area contributed by atoms with Crippen molar-refractivity contribution in [3.8, 4) is 0 Å². The van der Waals surface area contributed by atoms with Crippen molar-refractivity contribution in [3.63, 3.8) is 0 Å². The largest absolute Gasteiger partial charge is 0.480 e. The maximum Gasteiger partial charge on any atom is 0.325 e. The quantitative estimate of drug-likeness (QED) is 0.888. The van der Waals surface area contributed by atoms with E-state index in [4.69, 9.17) is 0 Å². The molecule has 1 aliphatic heterocycles. The SMILES string of the molecule is O=C(O)C(c1ccccc1Br)N1CCC(c2ccnnc2)CC1. The molecule has 1 N–H and O–H groups in total. The predicted molar refractivity (Wildman–Crippen MR) is 90.1 cm³/mol. The number of carboxylic acids is 1. The second-order valence-corrected chi connectivity index (χ2v) is 6.60. The van der Waals surface area contributed by atoms with Gasteiger partial charge in [0.15, 0.2) is 0 Å². The topological polar surface area (TPSA) is 66.3 Å². The lowest BCUT2D eigenvalue weighted by molar-refractivity contribution is -0.144. The van der Waals surface area contributed by atoms with Crippen molar-refractivity contribution >= 4 is 21.9 Å². The van der Waals surface area contributed by atoms with E-state index in [0.29, 0.717) is 5.92 Å². The number of benzene rings is 1. The van der Waals surface area contributed by atoms with E-state index >= 15 is 0 Å². The van der Waals surface area contributed by atoms with Crippen molar-refractivity contribution in [1.29, 1.82) is 0 Å². The van der Waals surface area contributed by atoms with Crippen LogP contribution in [0.15, 0.2) is 47.2 Å². The maximum atomic E-state index is 11.8. The van der Waals surface area contributed by atoms with Crippen molar-refractivity contribution in [2.75, 3.05) is 13.1 Å². The van der Waals surface area contributed by atoms with Gasteiger partial charge in [0.05, 0.1) is 6.20 Å². The van der Waals surface area contributed by atoms with E-state index in [0.717, 1.165) is 36.0 Å². The summed E-state index contributed by atoms with van der Waals surface area (Å²) in [4.78, 5) is 13.9. The lowest BCUT2D eigenvalue weighted by Crippen LogP contribution is -2.39. The van der Waals surface area contributed by atoms with Gasteiger partial charge in [-0.2, -0.15) is 10.2 Å². The fourth-order valence-corrected chi connectivity index (χ4v) is 3.72. The summed E-state index contributed by atoms with van der Waals surface area (Å²) < 4.78 is 0.841. The van der Waals surface area contributed by atoms with E-state index in [-0.39, 0.29) is 0 Å². The highest BCUT2D eigenvalue weighted by molar-refractivity contribution is 9.10. The van der Waals surface area contributed by atoms with Gasteiger partial charge in [0.2, 0.25) is 0 Å². The zero-order valence-electron chi connectivity index (χ0n) is 12.6. The van der Waals surface area contributed by atoms with Crippen LogP contribution in [0.3, 0.4) is 0 Å². The molecular formula is C17H18BrN3O2. The number of halogens is 1. The van der Waals surface area contributed by atoms with Gasteiger partial charge >= 0.3 is 5.97 Å². The lowest BCUT2D eigenvalue weighted by atomic mass is 9.89. The highest BCUT2D eigenvalue weighted by Gasteiger charge is 2.32. The number of likely N-dealkylation sites (tertiary alicyclic amines) is 1. The van der Waals surface area contributed by atoms with E-state index in [2.05, 4.69) is 26.1 Å². The van der Waals surface area contributed by atoms with Gasteiger partial charge in [-0.1, -0.05) is 34.1 Å². The van der Waals surface area contributed by atoms with Crippen molar-refractivity contribution in [2.45, 2.75) is 24.8 Å². The fourth-order valence-electron chi connectivity index (χ4n) is 3.22. The smallest absolute Gasteiger partial charge is 0.325 e. The molecule has 1 atom stereocenters. The Bertz CT molecular complexity index is 673. The third kappa shape index (κ3) is 3.59. The number of aliphatic carboxylic acids is 1. The third-order valence-corrected chi connectivity index (χ3v) is 5.13. The lowest BCUT2D eigenvalue weighted by Gasteiger charge is -2.36. The zero-order valence-corrected chi connectivity index (χ0v) is 14.2. The van der Waals surface area contributed by atoms with E-state index in [1.807, 2.05) is 41.4 Å². The number of hydrogen-bond donors (Lipinski definition) is 1. The molecule has 0 saturated carbocycles. The molecule has 0 radical (unpaired) electrons. The number of piperidine rings is 1. The van der Waals surface area contributed by atoms with Gasteiger partial charge in [-0.15, -0.1) is 0 Å². The van der Waals surface area contributed by atoms with E-state index in [1.54, 1.807) is 6.20 Å². The molecule has 5 nitrogen and oxygen atoms in total. The van der Waals surface area contributed by atoms with Crippen molar-refractivity contribution in [1.82, 2.24) is 15.1 Å². The van der Waals surface area contributed by atoms with Crippen molar-refractivity contribution in [3.05, 3.63) is 58.3 Å². The molecule has 0 aliphatic carbocycles. The number of aromatic nitrogens is 2. The molecule has 2 heterocycles. The number of carboxylic acid groups (broad SMARTS) is 1. The van der Waals surface area contributed by atoms with Crippen LogP contribution in [-0.4, -0.2) is 39.3 Å². The number of nitrogens with zero attached hydrogens (tertiary/aromatic N) is 3. The molecular weight excluding hydrogens is 358 g/mol. The van der Waals surface area contributed by atoms with E-state index in [9.17, 15) is 9.90 Å². The fraction of sp³-hybridized carbons (Fsp3) is 0.353. The Labute approximate surface area is 143 Å². The molecule has 6 heteroatoms. The second kappa shape index (κ2) is 7.19. The first-order valence-corrected chi connectivity index (χ1v) is 8.44. The summed E-state index contributed by atoms with van der Waals surface area (Å²) in [6.07, 6.45) is 5.38. The monoisotopic (exact) mass is 375 g/mol. The molecule has 0 bridgehead atoms. The summed E-state index contributed by atoms with van der Waals surface area (Å²) in [5.41, 5.74) is 2.00. The standard InChI is InChI=1S/C17H18BrN3O2/c18-15-4-2-1-3-14(15)16(17(22)23)21-9-6-12(7-10-21)13-5-8-19-20-11-13/h1-5,8,11-12,16H,6-7,9-10H2,(H,22,23). The Morgan fingerprint density at radius 1 is 1.22 bits per heavy atom. The van der Waals surface area contributed by atoms with Crippen LogP contribution in [-0.2, 0) is 4.79 Å². The first-order valence-electron chi connectivity index (χ1n) is 7.64. The summed E-state index contributed by atoms with van der Waals surface area (Å²) >= 11 is 3.48. The normalized spacial score (nSPS) is 17.8. The summed E-state index contributed by atoms with van der Waals surface area (Å²) in [5, 5.41) is 17.5. The van der Waals surface area contributed by atoms with E-state index in [1.165, 1.54) is 5.56 Å². The van der Waals surface area contributed by atoms with Crippen molar-refractivity contribution < 1.29 is 9.90 Å². The molecule has 23 heavy (non-hydrogen) atoms. The summed E-state index contributed by atoms with van der Waals surface area (Å²) in [7, 11) is 0. The molecule has 120 valence electrons. The zero-order chi connectivity index (χ0) is 16.2. The Balaban J connectivity index is 1.74. The Hall–Kier alpha value is -1.79. The van der Waals surface area contributed by atoms with E-state index < -0.39 is 12.0 Å². The molecule has 3 rings (SSSR count). The third-order valence-electron chi connectivity index (χ3n) is 4.41. The average Bonchev–Trinajstić information content (AvgIpc) is 2.58. The first kappa shape index (κ1) is 16.1. The molecule has 1 aromatic carbocycles. The summed E-state index contributed by atoms with van der Waals surface area (Å²) in [6.45, 7) is 1.51. The van der Waals surface area contributed by atoms with Crippen LogP contribution in [0.2, 0.25) is 0 Å². The Morgan fingerprint density at radius 2 is 1.96 bits per heavy atom. The highest BCUT2D eigenvalue weighted by Crippen LogP contribution is 2.34. The Kier molecular flexibility index (Phi) is 5.03. The molecule has 1 unspecified atom stereocenters. The van der Waals surface area contributed by atoms with Gasteiger partial charge in [-0.25, -0.2) is 0 Å². The second-order valence-electron chi connectivity index (χ2n) is 5.75. The highest BCUT2D eigenvalue weighted by atomic mass is 79.9. The van der Waals surface area contributed by atoms with Gasteiger partial charge in [-0.3, -0.25) is 9.69 Å². The minimum Gasteiger partial charge on any atom is -0.480 e. The number of carbonyl (C=O) groups is 1. The van der Waals surface area contributed by atoms with Crippen LogP contribution in [0.4, 0.5) is 0 Å². The van der Waals surface area contributed by atoms with Crippen LogP contribution in [0, 0.1) is 0 Å². The van der Waals surface area contributed by atoms with Crippen LogP contribution in [0.1, 0.15) is 35.9 Å². The molecule has 1 saturated heterocycles. The molecule has 1 fully saturated rings. The molecule has 2 aromatic rings. The molecule has 0 amide bonds. The number of hydrogen-bond acceptors (Lipinski definition) is 4. The van der Waals surface area contributed by atoms with Crippen LogP contribution in [0.25, 0.3) is 0 Å². The summed E-state index contributed by atoms with van der Waals surface area (Å²) in [6, 6.07) is 8.93. The minimum atomic E-state index is -0.805. The van der Waals surface area contributed by atoms with Gasteiger partial charge in [-0.05, 0) is 55.1 Å². The molecule has 1 aliphatic rings. The first-order chi connectivity index (χ1) is 11.2. The average molecular weight is 376 g/mol. The van der Waals surface area contributed by atoms with Gasteiger partial charge in [0.1, 0.15) is 6.04 Å². The predicted octanol–water partition coefficient (Wildman–Crippen LogP) is 3.24. The maximum absolute atomic E-state index is 11.8. The van der Waals surface area contributed by atoms with Crippen LogP contribution < -0.4 is 0 Å². The minimum absolute atomic E-state index is 0.426. The van der Waals surface area contributed by atoms with Crippen LogP contribution >= 0.6 is 15.9 Å². The van der Waals surface area contributed by atoms with Gasteiger partial charge < -0.3 is 5.11 Å². The van der Waals surface area contributed by atoms with Crippen LogP contribution in [0.5, 0.6) is 0 Å².